The Morgan fingerprint density at radius 2 is 2.08 bits per heavy atom. The number of fused-ring (bicyclic) bond motifs is 1. The van der Waals surface area contributed by atoms with E-state index >= 15 is 0 Å². The number of hydrogen-bond donors (Lipinski definition) is 2. The smallest absolute Gasteiger partial charge is 0.243 e. The van der Waals surface area contributed by atoms with Gasteiger partial charge in [0, 0.05) is 5.69 Å². The van der Waals surface area contributed by atoms with Crippen molar-refractivity contribution in [2.45, 2.75) is 13.8 Å². The number of benzene rings is 2. The first kappa shape index (κ1) is 16.3. The standard InChI is InChI=1S/C18H19N3O2S/c1-3-23-16-7-5-4-6-14(16)21-18(22)11-19-13-8-9-15-17(10-13)24-12(2)20-15/h4-10,19H,3,11H2,1-2H3,(H,21,22). The molecule has 1 heterocycles. The number of rotatable bonds is 6. The average molecular weight is 341 g/mol. The summed E-state index contributed by atoms with van der Waals surface area (Å²) in [4.78, 5) is 16.6. The maximum absolute atomic E-state index is 12.2. The van der Waals surface area contributed by atoms with Crippen molar-refractivity contribution in [3.63, 3.8) is 0 Å². The molecule has 5 nitrogen and oxygen atoms in total. The molecule has 3 rings (SSSR count). The number of aromatic nitrogens is 1. The second-order valence-corrected chi connectivity index (χ2v) is 6.48. The van der Waals surface area contributed by atoms with E-state index in [2.05, 4.69) is 15.6 Å². The summed E-state index contributed by atoms with van der Waals surface area (Å²) in [6.07, 6.45) is 0. The molecule has 0 radical (unpaired) electrons. The highest BCUT2D eigenvalue weighted by molar-refractivity contribution is 7.18. The summed E-state index contributed by atoms with van der Waals surface area (Å²) in [6.45, 7) is 4.64. The summed E-state index contributed by atoms with van der Waals surface area (Å²) < 4.78 is 6.62. The van der Waals surface area contributed by atoms with Gasteiger partial charge in [-0.1, -0.05) is 12.1 Å². The summed E-state index contributed by atoms with van der Waals surface area (Å²) in [5.74, 6) is 0.553. The summed E-state index contributed by atoms with van der Waals surface area (Å²) in [6, 6.07) is 13.3. The molecule has 0 atom stereocenters. The fourth-order valence-corrected chi connectivity index (χ4v) is 3.24. The van der Waals surface area contributed by atoms with E-state index < -0.39 is 0 Å². The first-order valence-electron chi connectivity index (χ1n) is 7.78. The number of carbonyl (C=O) groups excluding carboxylic acids is 1. The van der Waals surface area contributed by atoms with Crippen LogP contribution in [0.4, 0.5) is 11.4 Å². The largest absolute Gasteiger partial charge is 0.492 e. The Morgan fingerprint density at radius 1 is 1.25 bits per heavy atom. The highest BCUT2D eigenvalue weighted by Crippen LogP contribution is 2.25. The molecular formula is C18H19N3O2S. The maximum atomic E-state index is 12.2. The molecule has 0 saturated heterocycles. The fourth-order valence-electron chi connectivity index (χ4n) is 2.38. The average Bonchev–Trinajstić information content (AvgIpc) is 2.94. The van der Waals surface area contributed by atoms with E-state index in [9.17, 15) is 4.79 Å². The normalized spacial score (nSPS) is 10.6. The van der Waals surface area contributed by atoms with Crippen LogP contribution in [-0.2, 0) is 4.79 Å². The molecule has 0 aliphatic heterocycles. The Balaban J connectivity index is 1.62. The molecule has 0 aliphatic rings. The van der Waals surface area contributed by atoms with E-state index in [0.29, 0.717) is 18.0 Å². The Hall–Kier alpha value is -2.60. The molecule has 0 spiro atoms. The van der Waals surface area contributed by atoms with Crippen molar-refractivity contribution in [2.24, 2.45) is 0 Å². The molecule has 3 aromatic rings. The number of amides is 1. The van der Waals surface area contributed by atoms with Gasteiger partial charge in [-0.25, -0.2) is 4.98 Å². The van der Waals surface area contributed by atoms with Gasteiger partial charge in [0.15, 0.2) is 0 Å². The topological polar surface area (TPSA) is 63.2 Å². The Morgan fingerprint density at radius 3 is 2.92 bits per heavy atom. The second-order valence-electron chi connectivity index (χ2n) is 5.25. The summed E-state index contributed by atoms with van der Waals surface area (Å²) in [7, 11) is 0. The van der Waals surface area contributed by atoms with Crippen LogP contribution < -0.4 is 15.4 Å². The molecular weight excluding hydrogens is 322 g/mol. The van der Waals surface area contributed by atoms with Crippen LogP contribution in [0.5, 0.6) is 5.75 Å². The van der Waals surface area contributed by atoms with E-state index in [0.717, 1.165) is 20.9 Å². The zero-order valence-corrected chi connectivity index (χ0v) is 14.4. The summed E-state index contributed by atoms with van der Waals surface area (Å²) in [5.41, 5.74) is 2.57. The van der Waals surface area contributed by atoms with Crippen LogP contribution >= 0.6 is 11.3 Å². The van der Waals surface area contributed by atoms with Gasteiger partial charge in [0.25, 0.3) is 0 Å². The Bertz CT molecular complexity index is 860. The van der Waals surface area contributed by atoms with Gasteiger partial charge in [0.1, 0.15) is 5.75 Å². The molecule has 1 aromatic heterocycles. The molecule has 2 N–H and O–H groups in total. The molecule has 0 bridgehead atoms. The van der Waals surface area contributed by atoms with Crippen molar-refractivity contribution in [2.75, 3.05) is 23.8 Å². The van der Waals surface area contributed by atoms with E-state index in [1.165, 1.54) is 0 Å². The van der Waals surface area contributed by atoms with Gasteiger partial charge < -0.3 is 15.4 Å². The van der Waals surface area contributed by atoms with Crippen LogP contribution in [0.1, 0.15) is 11.9 Å². The first-order valence-corrected chi connectivity index (χ1v) is 8.60. The highest BCUT2D eigenvalue weighted by Gasteiger charge is 2.08. The number of hydrogen-bond acceptors (Lipinski definition) is 5. The van der Waals surface area contributed by atoms with E-state index in [-0.39, 0.29) is 12.5 Å². The lowest BCUT2D eigenvalue weighted by Crippen LogP contribution is -2.22. The highest BCUT2D eigenvalue weighted by atomic mass is 32.1. The van der Waals surface area contributed by atoms with Gasteiger partial charge >= 0.3 is 0 Å². The molecule has 0 fully saturated rings. The number of nitrogens with zero attached hydrogens (tertiary/aromatic N) is 1. The minimum atomic E-state index is -0.122. The van der Waals surface area contributed by atoms with Gasteiger partial charge in [0.05, 0.1) is 34.1 Å². The zero-order valence-electron chi connectivity index (χ0n) is 13.6. The fraction of sp³-hybridized carbons (Fsp3) is 0.222. The molecule has 24 heavy (non-hydrogen) atoms. The Labute approximate surface area is 144 Å². The van der Waals surface area contributed by atoms with Gasteiger partial charge in [0.2, 0.25) is 5.91 Å². The molecule has 2 aromatic carbocycles. The maximum Gasteiger partial charge on any atom is 0.243 e. The van der Waals surface area contributed by atoms with E-state index in [1.807, 2.05) is 56.3 Å². The lowest BCUT2D eigenvalue weighted by Gasteiger charge is -2.12. The third-order valence-electron chi connectivity index (χ3n) is 3.41. The zero-order chi connectivity index (χ0) is 16.9. The SMILES string of the molecule is CCOc1ccccc1NC(=O)CNc1ccc2nc(C)sc2c1. The number of aryl methyl sites for hydroxylation is 1. The van der Waals surface area contributed by atoms with Crippen molar-refractivity contribution in [3.8, 4) is 5.75 Å². The van der Waals surface area contributed by atoms with E-state index in [1.54, 1.807) is 11.3 Å². The van der Waals surface area contributed by atoms with Crippen molar-refractivity contribution in [1.29, 1.82) is 0 Å². The predicted octanol–water partition coefficient (Wildman–Crippen LogP) is 4.05. The molecule has 124 valence electrons. The summed E-state index contributed by atoms with van der Waals surface area (Å²) >= 11 is 1.64. The third-order valence-corrected chi connectivity index (χ3v) is 4.34. The van der Waals surface area contributed by atoms with E-state index in [4.69, 9.17) is 4.74 Å². The molecule has 1 amide bonds. The van der Waals surface area contributed by atoms with Crippen LogP contribution in [0.3, 0.4) is 0 Å². The third kappa shape index (κ3) is 3.83. The van der Waals surface area contributed by atoms with Crippen molar-refractivity contribution >= 4 is 38.8 Å². The minimum absolute atomic E-state index is 0.122. The lowest BCUT2D eigenvalue weighted by atomic mass is 10.3. The van der Waals surface area contributed by atoms with Crippen molar-refractivity contribution in [1.82, 2.24) is 4.98 Å². The lowest BCUT2D eigenvalue weighted by molar-refractivity contribution is -0.114. The minimum Gasteiger partial charge on any atom is -0.492 e. The van der Waals surface area contributed by atoms with Gasteiger partial charge in [-0.2, -0.15) is 0 Å². The predicted molar refractivity (Wildman–Crippen MR) is 99.1 cm³/mol. The quantitative estimate of drug-likeness (QED) is 0.710. The molecule has 0 unspecified atom stereocenters. The number of anilines is 2. The van der Waals surface area contributed by atoms with Crippen LogP contribution in [0.15, 0.2) is 42.5 Å². The Kier molecular flexibility index (Phi) is 4.96. The van der Waals surface area contributed by atoms with Crippen molar-refractivity contribution in [3.05, 3.63) is 47.5 Å². The monoisotopic (exact) mass is 341 g/mol. The molecule has 6 heteroatoms. The van der Waals surface area contributed by atoms with Crippen LogP contribution in [0.2, 0.25) is 0 Å². The molecule has 0 aliphatic carbocycles. The van der Waals surface area contributed by atoms with Crippen LogP contribution in [0, 0.1) is 6.92 Å². The second kappa shape index (κ2) is 7.31. The number of nitrogens with one attached hydrogen (secondary N) is 2. The molecule has 0 saturated carbocycles. The number of thiazole rings is 1. The first-order chi connectivity index (χ1) is 11.7. The van der Waals surface area contributed by atoms with Crippen LogP contribution in [0.25, 0.3) is 10.2 Å². The number of carbonyl (C=O) groups is 1. The van der Waals surface area contributed by atoms with Gasteiger partial charge in [-0.3, -0.25) is 4.79 Å². The van der Waals surface area contributed by atoms with Gasteiger partial charge in [-0.05, 0) is 44.2 Å². The van der Waals surface area contributed by atoms with Crippen molar-refractivity contribution < 1.29 is 9.53 Å². The summed E-state index contributed by atoms with van der Waals surface area (Å²) in [5, 5.41) is 7.05. The number of ether oxygens (including phenoxy) is 1. The van der Waals surface area contributed by atoms with Crippen LogP contribution in [-0.4, -0.2) is 24.0 Å². The van der Waals surface area contributed by atoms with Gasteiger partial charge in [-0.15, -0.1) is 11.3 Å². The number of para-hydroxylation sites is 2.